The molecule has 0 saturated carbocycles. The van der Waals surface area contributed by atoms with Crippen LogP contribution in [0.3, 0.4) is 0 Å². The fraction of sp³-hybridized carbons (Fsp3) is 0. The molecule has 0 N–H and O–H groups in total. The predicted octanol–water partition coefficient (Wildman–Crippen LogP) is -2.64. The van der Waals surface area contributed by atoms with E-state index in [0.29, 0.717) is 0 Å². The summed E-state index contributed by atoms with van der Waals surface area (Å²) in [7, 11) is 0. The van der Waals surface area contributed by atoms with Crippen molar-refractivity contribution in [1.82, 2.24) is 0 Å². The predicted molar refractivity (Wildman–Crippen MR) is 21.3 cm³/mol. The molecule has 0 heterocycles. The third-order valence-corrected chi connectivity index (χ3v) is 0. The second kappa shape index (κ2) is 18.9. The number of hydrogen-bond acceptors (Lipinski definition) is 0. The van der Waals surface area contributed by atoms with Crippen molar-refractivity contribution in [3.63, 3.8) is 0 Å². The summed E-state index contributed by atoms with van der Waals surface area (Å²) >= 11 is 0. The van der Waals surface area contributed by atoms with Crippen LogP contribution >= 0.6 is 0 Å². The maximum atomic E-state index is 0. The molecule has 2 radical (unpaired) electrons. The van der Waals surface area contributed by atoms with E-state index in [1.54, 1.807) is 0 Å². The van der Waals surface area contributed by atoms with Crippen LogP contribution in [0, 0.1) is 0 Å². The van der Waals surface area contributed by atoms with Gasteiger partial charge in [0.15, 0.2) is 0 Å². The number of rotatable bonds is 0. The third kappa shape index (κ3) is 8.88. The van der Waals surface area contributed by atoms with Crippen molar-refractivity contribution in [2.24, 2.45) is 0 Å². The summed E-state index contributed by atoms with van der Waals surface area (Å²) < 4.78 is 0. The molecule has 4 heteroatoms. The van der Waals surface area contributed by atoms with Crippen molar-refractivity contribution in [3.05, 3.63) is 0 Å². The van der Waals surface area contributed by atoms with Gasteiger partial charge in [0.05, 0.1) is 0 Å². The van der Waals surface area contributed by atoms with Gasteiger partial charge in [0.1, 0.15) is 0 Å². The molecular weight excluding hydrogens is 261 g/mol. The molecule has 0 aromatic rings. The minimum atomic E-state index is 0. The van der Waals surface area contributed by atoms with E-state index in [2.05, 4.69) is 0 Å². The molecule has 32 valence electrons. The zero-order valence-corrected chi connectivity index (χ0v) is 2.80. The Morgan fingerprint density at radius 1 is 1.00 bits per heavy atom. The number of hydrogen-bond donors (Lipinski definition) is 0. The summed E-state index contributed by atoms with van der Waals surface area (Å²) in [6.45, 7) is 0. The molecule has 0 fully saturated rings. The molecule has 0 aliphatic rings. The van der Waals surface area contributed by atoms with Crippen molar-refractivity contribution < 1.29 is 34.1 Å². The van der Waals surface area contributed by atoms with Gasteiger partial charge in [0.25, 0.3) is 0 Å². The van der Waals surface area contributed by atoms with Crippen LogP contribution in [0.1, 0.15) is 0 Å². The minimum Gasteiger partial charge on any atom is 0 e. The van der Waals surface area contributed by atoms with Crippen molar-refractivity contribution >= 4 is 37.4 Å². The molecule has 0 nitrogen and oxygen atoms in total. The SMILES string of the molecule is [Cu].[GaH3].[GeH4].[Mn]. The van der Waals surface area contributed by atoms with Crippen LogP contribution in [0.15, 0.2) is 0 Å². The second-order valence-corrected chi connectivity index (χ2v) is 0. The van der Waals surface area contributed by atoms with Crippen LogP contribution < -0.4 is 0 Å². The Labute approximate surface area is 70.8 Å². The van der Waals surface area contributed by atoms with E-state index in [4.69, 9.17) is 0 Å². The van der Waals surface area contributed by atoms with Gasteiger partial charge in [-0.1, -0.05) is 0 Å². The molecule has 0 unspecified atom stereocenters. The van der Waals surface area contributed by atoms with Gasteiger partial charge in [-0.05, 0) is 0 Å². The fourth-order valence-electron chi connectivity index (χ4n) is 0. The summed E-state index contributed by atoms with van der Waals surface area (Å²) in [5.41, 5.74) is 0. The molecular formula is H7CuGaGeMn. The van der Waals surface area contributed by atoms with Crippen LogP contribution in [0.25, 0.3) is 0 Å². The normalized spacial score (nSPS) is 0. The molecule has 0 aliphatic heterocycles. The molecule has 0 rings (SSSR count). The van der Waals surface area contributed by atoms with Crippen LogP contribution in [-0.2, 0) is 34.1 Å². The van der Waals surface area contributed by atoms with Crippen molar-refractivity contribution in [3.8, 4) is 0 Å². The van der Waals surface area contributed by atoms with Gasteiger partial charge < -0.3 is 0 Å². The molecule has 0 aromatic heterocycles. The summed E-state index contributed by atoms with van der Waals surface area (Å²) in [4.78, 5) is 0. The first kappa shape index (κ1) is 34.4. The smallest absolute Gasteiger partial charge is 0 e. The maximum Gasteiger partial charge on any atom is 0 e. The zero-order chi connectivity index (χ0) is 0. The van der Waals surface area contributed by atoms with Crippen molar-refractivity contribution in [2.45, 2.75) is 0 Å². The van der Waals surface area contributed by atoms with Crippen LogP contribution in [0.2, 0.25) is 0 Å². The van der Waals surface area contributed by atoms with E-state index in [1.165, 1.54) is 0 Å². The monoisotopic (exact) mass is 268 g/mol. The van der Waals surface area contributed by atoms with E-state index in [9.17, 15) is 0 Å². The van der Waals surface area contributed by atoms with Gasteiger partial charge in [-0.15, -0.1) is 0 Å². The Morgan fingerprint density at radius 2 is 1.00 bits per heavy atom. The fourth-order valence-corrected chi connectivity index (χ4v) is 0. The largest absolute Gasteiger partial charge is 0 e. The van der Waals surface area contributed by atoms with Gasteiger partial charge in [-0.2, -0.15) is 0 Å². The quantitative estimate of drug-likeness (QED) is 0.421. The molecule has 0 aliphatic carbocycles. The summed E-state index contributed by atoms with van der Waals surface area (Å²) in [5.74, 6) is 0. The second-order valence-electron chi connectivity index (χ2n) is 0. The van der Waals surface area contributed by atoms with E-state index < -0.39 is 0 Å². The first-order chi connectivity index (χ1) is 0. The Morgan fingerprint density at radius 3 is 1.00 bits per heavy atom. The molecule has 0 aromatic carbocycles. The van der Waals surface area contributed by atoms with Crippen molar-refractivity contribution in [2.75, 3.05) is 0 Å². The molecule has 4 heavy (non-hydrogen) atoms. The molecule has 0 spiro atoms. The summed E-state index contributed by atoms with van der Waals surface area (Å²) in [6, 6.07) is 0. The van der Waals surface area contributed by atoms with Crippen molar-refractivity contribution in [1.29, 1.82) is 0 Å². The Bertz CT molecular complexity index is 8.00. The van der Waals surface area contributed by atoms with Gasteiger partial charge in [-0.25, -0.2) is 0 Å². The summed E-state index contributed by atoms with van der Waals surface area (Å²) in [6.07, 6.45) is 0. The van der Waals surface area contributed by atoms with Crippen LogP contribution in [0.5, 0.6) is 0 Å². The van der Waals surface area contributed by atoms with E-state index in [-0.39, 0.29) is 71.5 Å². The zero-order valence-electron chi connectivity index (χ0n) is 0.679. The van der Waals surface area contributed by atoms with E-state index >= 15 is 0 Å². The first-order valence-corrected chi connectivity index (χ1v) is 0. The molecule has 0 amide bonds. The van der Waals surface area contributed by atoms with Gasteiger partial charge in [-0.3, -0.25) is 0 Å². The Hall–Kier alpha value is 2.22. The minimum absolute atomic E-state index is 0. The molecule has 0 bridgehead atoms. The summed E-state index contributed by atoms with van der Waals surface area (Å²) in [5, 5.41) is 0. The Kier molecular flexibility index (Phi) is 162. The van der Waals surface area contributed by atoms with Gasteiger partial charge in [0.2, 0.25) is 0 Å². The van der Waals surface area contributed by atoms with Gasteiger partial charge >= 0.3 is 37.4 Å². The average molecular weight is 268 g/mol. The maximum absolute atomic E-state index is 0. The topological polar surface area (TPSA) is 0 Å². The Balaban J connectivity index is 0. The standard InChI is InChI=1S/Cu.Ga.GeH4.Mn.3H/h;;1H4;;;;. The van der Waals surface area contributed by atoms with E-state index in [1.807, 2.05) is 0 Å². The molecule has 0 atom stereocenters. The van der Waals surface area contributed by atoms with Gasteiger partial charge in [0, 0.05) is 34.1 Å². The van der Waals surface area contributed by atoms with Crippen LogP contribution in [-0.4, -0.2) is 37.4 Å². The molecule has 0 saturated heterocycles. The van der Waals surface area contributed by atoms with E-state index in [0.717, 1.165) is 0 Å². The third-order valence-electron chi connectivity index (χ3n) is 0. The van der Waals surface area contributed by atoms with Crippen LogP contribution in [0.4, 0.5) is 0 Å². The first-order valence-electron chi connectivity index (χ1n) is 0. The average Bonchev–Trinajstić information content (AvgIpc) is 0.